The van der Waals surface area contributed by atoms with Crippen LogP contribution in [0.3, 0.4) is 0 Å². The molecule has 0 aromatic carbocycles. The maximum absolute atomic E-state index is 15.1. The lowest BCUT2D eigenvalue weighted by atomic mass is 9.68. The molecule has 2 atom stereocenters. The summed E-state index contributed by atoms with van der Waals surface area (Å²) < 4.78 is 115. The number of alkyl halides is 7. The van der Waals surface area contributed by atoms with Crippen molar-refractivity contribution in [1.29, 1.82) is 0 Å². The van der Waals surface area contributed by atoms with Crippen molar-refractivity contribution in [3.05, 3.63) is 23.7 Å². The zero-order chi connectivity index (χ0) is 25.9. The fourth-order valence-corrected chi connectivity index (χ4v) is 5.82. The third-order valence-electron chi connectivity index (χ3n) is 7.90. The van der Waals surface area contributed by atoms with Gasteiger partial charge < -0.3 is 9.47 Å². The summed E-state index contributed by atoms with van der Waals surface area (Å²) >= 11 is 0. The standard InChI is InChI=1S/C25H34F8O2/c1-34-15-17-4-8-19(9-5-17)18-6-2-16(3-7-18)10-12-23(28)13-11-21(20(26)14-23)35-25(32,33)22(27)24(29,30)31/h11,13,16-19,22H,2-10,12,14-15H2,1H3. The van der Waals surface area contributed by atoms with Crippen molar-refractivity contribution in [1.82, 2.24) is 0 Å². The van der Waals surface area contributed by atoms with Gasteiger partial charge in [-0.15, -0.1) is 0 Å². The normalized spacial score (nSPS) is 33.6. The van der Waals surface area contributed by atoms with E-state index in [1.165, 1.54) is 25.7 Å². The first-order chi connectivity index (χ1) is 16.3. The molecule has 3 aliphatic rings. The van der Waals surface area contributed by atoms with E-state index in [0.29, 0.717) is 24.3 Å². The second-order valence-corrected chi connectivity index (χ2v) is 10.4. The van der Waals surface area contributed by atoms with Crippen molar-refractivity contribution in [2.75, 3.05) is 13.7 Å². The highest BCUT2D eigenvalue weighted by Crippen LogP contribution is 2.45. The molecule has 0 aromatic rings. The van der Waals surface area contributed by atoms with Crippen LogP contribution in [0.2, 0.25) is 0 Å². The van der Waals surface area contributed by atoms with E-state index in [9.17, 15) is 30.7 Å². The van der Waals surface area contributed by atoms with Crippen molar-refractivity contribution in [2.45, 2.75) is 94.8 Å². The highest BCUT2D eigenvalue weighted by Gasteiger charge is 2.59. The molecule has 35 heavy (non-hydrogen) atoms. The summed E-state index contributed by atoms with van der Waals surface area (Å²) in [5.41, 5.74) is -2.15. The molecule has 0 spiro atoms. The summed E-state index contributed by atoms with van der Waals surface area (Å²) in [6, 6.07) is 0. The Morgan fingerprint density at radius 2 is 1.49 bits per heavy atom. The second-order valence-electron chi connectivity index (χ2n) is 10.4. The second kappa shape index (κ2) is 11.4. The molecule has 2 fully saturated rings. The molecule has 0 radical (unpaired) electrons. The first-order valence-corrected chi connectivity index (χ1v) is 12.4. The van der Waals surface area contributed by atoms with E-state index >= 15 is 4.39 Å². The van der Waals surface area contributed by atoms with Crippen LogP contribution >= 0.6 is 0 Å². The van der Waals surface area contributed by atoms with Gasteiger partial charge in [0.25, 0.3) is 6.17 Å². The Morgan fingerprint density at radius 1 is 0.943 bits per heavy atom. The van der Waals surface area contributed by atoms with Crippen molar-refractivity contribution in [3.8, 4) is 0 Å². The van der Waals surface area contributed by atoms with Gasteiger partial charge in [-0.2, -0.15) is 22.0 Å². The molecule has 2 saturated carbocycles. The number of methoxy groups -OCH3 is 1. The van der Waals surface area contributed by atoms with Crippen LogP contribution in [0, 0.1) is 23.7 Å². The topological polar surface area (TPSA) is 18.5 Å². The number of hydrogen-bond acceptors (Lipinski definition) is 2. The summed E-state index contributed by atoms with van der Waals surface area (Å²) in [4.78, 5) is 0. The van der Waals surface area contributed by atoms with Crippen LogP contribution in [0.25, 0.3) is 0 Å². The van der Waals surface area contributed by atoms with E-state index in [2.05, 4.69) is 4.74 Å². The quantitative estimate of drug-likeness (QED) is 0.286. The van der Waals surface area contributed by atoms with Gasteiger partial charge in [0.2, 0.25) is 0 Å². The molecular weight excluding hydrogens is 484 g/mol. The van der Waals surface area contributed by atoms with Crippen LogP contribution in [0.15, 0.2) is 23.7 Å². The third kappa shape index (κ3) is 7.59. The maximum atomic E-state index is 15.1. The Kier molecular flexibility index (Phi) is 9.19. The summed E-state index contributed by atoms with van der Waals surface area (Å²) in [6.45, 7) is 0.814. The smallest absolute Gasteiger partial charge is 0.427 e. The van der Waals surface area contributed by atoms with E-state index in [1.807, 2.05) is 0 Å². The lowest BCUT2D eigenvalue weighted by Gasteiger charge is -2.38. The Hall–Kier alpha value is -1.32. The van der Waals surface area contributed by atoms with E-state index in [4.69, 9.17) is 4.74 Å². The lowest BCUT2D eigenvalue weighted by Crippen LogP contribution is -2.43. The van der Waals surface area contributed by atoms with Gasteiger partial charge in [0.15, 0.2) is 5.76 Å². The molecule has 0 bridgehead atoms. The van der Waals surface area contributed by atoms with E-state index < -0.39 is 42.1 Å². The van der Waals surface area contributed by atoms with Crippen LogP contribution in [0.5, 0.6) is 0 Å². The molecule has 0 amide bonds. The number of ether oxygens (including phenoxy) is 2. The number of hydrogen-bond donors (Lipinski definition) is 0. The van der Waals surface area contributed by atoms with Crippen LogP contribution in [-0.4, -0.2) is 37.8 Å². The molecule has 2 unspecified atom stereocenters. The average molecular weight is 519 g/mol. The van der Waals surface area contributed by atoms with Gasteiger partial charge in [-0.3, -0.25) is 0 Å². The van der Waals surface area contributed by atoms with Gasteiger partial charge in [-0.1, -0.05) is 12.8 Å². The van der Waals surface area contributed by atoms with Crippen molar-refractivity contribution in [3.63, 3.8) is 0 Å². The zero-order valence-corrected chi connectivity index (χ0v) is 19.9. The highest BCUT2D eigenvalue weighted by molar-refractivity contribution is 5.27. The minimum absolute atomic E-state index is 0.0354. The molecular formula is C25H34F8O2. The van der Waals surface area contributed by atoms with Crippen molar-refractivity contribution in [2.24, 2.45) is 23.7 Å². The Balaban J connectivity index is 1.44. The summed E-state index contributed by atoms with van der Waals surface area (Å²) in [5, 5.41) is 0. The van der Waals surface area contributed by atoms with Gasteiger partial charge in [0.05, 0.1) is 0 Å². The molecule has 10 heteroatoms. The molecule has 0 saturated heterocycles. The van der Waals surface area contributed by atoms with E-state index in [0.717, 1.165) is 44.3 Å². The van der Waals surface area contributed by atoms with Crippen molar-refractivity contribution < 1.29 is 44.6 Å². The van der Waals surface area contributed by atoms with E-state index in [1.54, 1.807) is 7.11 Å². The average Bonchev–Trinajstić information content (AvgIpc) is 2.80. The van der Waals surface area contributed by atoms with Crippen LogP contribution in [0.1, 0.15) is 70.6 Å². The minimum Gasteiger partial charge on any atom is -0.427 e. The fraction of sp³-hybridized carbons (Fsp3) is 0.840. The number of halogens is 8. The fourth-order valence-electron chi connectivity index (χ4n) is 5.82. The predicted molar refractivity (Wildman–Crippen MR) is 115 cm³/mol. The molecule has 3 rings (SSSR count). The zero-order valence-electron chi connectivity index (χ0n) is 19.9. The Labute approximate surface area is 201 Å². The molecule has 3 aliphatic carbocycles. The highest BCUT2D eigenvalue weighted by atomic mass is 19.4. The summed E-state index contributed by atoms with van der Waals surface area (Å²) in [6.07, 6.45) is -6.09. The molecule has 0 heterocycles. The van der Waals surface area contributed by atoms with Crippen molar-refractivity contribution >= 4 is 0 Å². The first-order valence-electron chi connectivity index (χ1n) is 12.4. The predicted octanol–water partition coefficient (Wildman–Crippen LogP) is 8.38. The summed E-state index contributed by atoms with van der Waals surface area (Å²) in [5.74, 6) is -0.430. The van der Waals surface area contributed by atoms with Gasteiger partial charge >= 0.3 is 12.3 Å². The van der Waals surface area contributed by atoms with Gasteiger partial charge in [-0.25, -0.2) is 13.2 Å². The van der Waals surface area contributed by atoms with Crippen LogP contribution in [-0.2, 0) is 9.47 Å². The third-order valence-corrected chi connectivity index (χ3v) is 7.90. The number of allylic oxidation sites excluding steroid dienone is 3. The molecule has 0 aliphatic heterocycles. The summed E-state index contributed by atoms with van der Waals surface area (Å²) in [7, 11) is 1.73. The van der Waals surface area contributed by atoms with Gasteiger partial charge in [0.1, 0.15) is 11.5 Å². The Morgan fingerprint density at radius 3 is 1.97 bits per heavy atom. The monoisotopic (exact) mass is 518 g/mol. The minimum atomic E-state index is -5.88. The van der Waals surface area contributed by atoms with Crippen LogP contribution < -0.4 is 0 Å². The van der Waals surface area contributed by atoms with Gasteiger partial charge in [0, 0.05) is 20.1 Å². The van der Waals surface area contributed by atoms with Crippen LogP contribution in [0.4, 0.5) is 35.1 Å². The molecule has 2 nitrogen and oxygen atoms in total. The largest absolute Gasteiger partial charge is 0.439 e. The lowest BCUT2D eigenvalue weighted by molar-refractivity contribution is -0.322. The maximum Gasteiger partial charge on any atom is 0.439 e. The number of rotatable bonds is 9. The molecule has 202 valence electrons. The van der Waals surface area contributed by atoms with Gasteiger partial charge in [-0.05, 0) is 87.2 Å². The SMILES string of the molecule is COCC1CCC(C2CCC(CCC3(F)C=CC(OC(F)(F)C(F)C(F)(F)F)=C(F)C3)CC2)CC1. The molecule has 0 aromatic heterocycles. The first kappa shape index (κ1) is 28.3. The Bertz CT molecular complexity index is 749. The molecule has 0 N–H and O–H groups in total. The van der Waals surface area contributed by atoms with E-state index in [-0.39, 0.29) is 12.3 Å².